The van der Waals surface area contributed by atoms with Crippen LogP contribution in [-0.4, -0.2) is 31.5 Å². The van der Waals surface area contributed by atoms with Crippen molar-refractivity contribution in [2.24, 2.45) is 4.99 Å². The van der Waals surface area contributed by atoms with Crippen LogP contribution in [0.15, 0.2) is 92.7 Å². The summed E-state index contributed by atoms with van der Waals surface area (Å²) in [6.07, 6.45) is 1.45. The van der Waals surface area contributed by atoms with Crippen molar-refractivity contribution in [3.63, 3.8) is 0 Å². The van der Waals surface area contributed by atoms with E-state index in [1.54, 1.807) is 32.4 Å². The first-order valence-corrected chi connectivity index (χ1v) is 12.3. The second-order valence-corrected chi connectivity index (χ2v) is 8.92. The molecule has 40 heavy (non-hydrogen) atoms. The van der Waals surface area contributed by atoms with Crippen molar-refractivity contribution >= 4 is 29.7 Å². The third kappa shape index (κ3) is 5.19. The molecule has 0 aliphatic heterocycles. The minimum atomic E-state index is -1.11. The standard InChI is InChI=1S/C31H21ClN2O6/c1-37-21-8-3-18(4-9-21)28-25(16-33)30(40-29(28)19-5-10-22(38-2)11-6-19)34-17-23-12-14-27(39-23)20-7-13-24(31(35)36)26(32)15-20/h3-15,17H,1-2H3,(H,35,36). The summed E-state index contributed by atoms with van der Waals surface area (Å²) < 4.78 is 22.6. The number of aliphatic imine (C=N–C) groups is 1. The van der Waals surface area contributed by atoms with Crippen LogP contribution in [0.3, 0.4) is 0 Å². The van der Waals surface area contributed by atoms with E-state index in [-0.39, 0.29) is 22.0 Å². The van der Waals surface area contributed by atoms with Crippen molar-refractivity contribution in [2.75, 3.05) is 14.2 Å². The zero-order valence-corrected chi connectivity index (χ0v) is 22.1. The van der Waals surface area contributed by atoms with E-state index in [4.69, 9.17) is 29.9 Å². The predicted molar refractivity (Wildman–Crippen MR) is 151 cm³/mol. The number of hydrogen-bond donors (Lipinski definition) is 1. The number of methoxy groups -OCH3 is 2. The van der Waals surface area contributed by atoms with E-state index >= 15 is 0 Å². The quantitative estimate of drug-likeness (QED) is 0.194. The molecule has 0 aliphatic rings. The van der Waals surface area contributed by atoms with Gasteiger partial charge in [-0.25, -0.2) is 9.79 Å². The van der Waals surface area contributed by atoms with Crippen LogP contribution in [0.25, 0.3) is 33.8 Å². The van der Waals surface area contributed by atoms with Gasteiger partial charge < -0.3 is 23.4 Å². The lowest BCUT2D eigenvalue weighted by Crippen LogP contribution is -1.96. The molecule has 0 atom stereocenters. The molecule has 0 bridgehead atoms. The molecule has 8 nitrogen and oxygen atoms in total. The van der Waals surface area contributed by atoms with Gasteiger partial charge in [-0.15, -0.1) is 0 Å². The van der Waals surface area contributed by atoms with Gasteiger partial charge in [-0.2, -0.15) is 5.26 Å². The highest BCUT2D eigenvalue weighted by Gasteiger charge is 2.23. The van der Waals surface area contributed by atoms with E-state index in [0.29, 0.717) is 39.9 Å². The highest BCUT2D eigenvalue weighted by atomic mass is 35.5. The molecule has 5 aromatic rings. The Hall–Kier alpha value is -5.26. The molecular formula is C31H21ClN2O6. The predicted octanol–water partition coefficient (Wildman–Crippen LogP) is 7.86. The maximum absolute atomic E-state index is 11.2. The number of benzene rings is 3. The minimum Gasteiger partial charge on any atom is -0.497 e. The largest absolute Gasteiger partial charge is 0.497 e. The molecule has 0 radical (unpaired) electrons. The fourth-order valence-corrected chi connectivity index (χ4v) is 4.40. The zero-order chi connectivity index (χ0) is 28.2. The van der Waals surface area contributed by atoms with Crippen LogP contribution in [0.1, 0.15) is 21.7 Å². The Morgan fingerprint density at radius 2 is 1.52 bits per heavy atom. The zero-order valence-electron chi connectivity index (χ0n) is 21.3. The van der Waals surface area contributed by atoms with Crippen LogP contribution in [0.4, 0.5) is 5.88 Å². The SMILES string of the molecule is COc1ccc(-c2oc(N=Cc3ccc(-c4ccc(C(=O)O)c(Cl)c4)o3)c(C#N)c2-c2ccc(OC)cc2)cc1. The lowest BCUT2D eigenvalue weighted by molar-refractivity contribution is 0.0697. The lowest BCUT2D eigenvalue weighted by Gasteiger charge is -2.06. The summed E-state index contributed by atoms with van der Waals surface area (Å²) in [5.74, 6) is 1.72. The molecule has 9 heteroatoms. The number of nitrogens with zero attached hydrogens (tertiary/aromatic N) is 2. The van der Waals surface area contributed by atoms with Gasteiger partial charge >= 0.3 is 5.97 Å². The van der Waals surface area contributed by atoms with Crippen molar-refractivity contribution in [3.8, 4) is 51.3 Å². The van der Waals surface area contributed by atoms with Crippen molar-refractivity contribution < 1.29 is 28.2 Å². The molecule has 2 aromatic heterocycles. The lowest BCUT2D eigenvalue weighted by atomic mass is 9.98. The first-order valence-electron chi connectivity index (χ1n) is 11.9. The Kier molecular flexibility index (Phi) is 7.40. The van der Waals surface area contributed by atoms with Gasteiger partial charge in [0.2, 0.25) is 5.88 Å². The number of aromatic carboxylic acids is 1. The topological polar surface area (TPSA) is 118 Å². The Balaban J connectivity index is 1.53. The van der Waals surface area contributed by atoms with Crippen LogP contribution < -0.4 is 9.47 Å². The molecule has 0 spiro atoms. The van der Waals surface area contributed by atoms with Crippen molar-refractivity contribution in [1.29, 1.82) is 5.26 Å². The maximum Gasteiger partial charge on any atom is 0.337 e. The number of nitriles is 1. The van der Waals surface area contributed by atoms with Crippen LogP contribution in [-0.2, 0) is 0 Å². The molecule has 198 valence electrons. The second-order valence-electron chi connectivity index (χ2n) is 8.52. The van der Waals surface area contributed by atoms with Crippen LogP contribution in [0.2, 0.25) is 5.02 Å². The Bertz CT molecular complexity index is 1760. The molecule has 2 heterocycles. The van der Waals surface area contributed by atoms with Gasteiger partial charge in [-0.05, 0) is 66.2 Å². The van der Waals surface area contributed by atoms with Crippen molar-refractivity contribution in [2.45, 2.75) is 0 Å². The third-order valence-electron chi connectivity index (χ3n) is 6.15. The first kappa shape index (κ1) is 26.4. The van der Waals surface area contributed by atoms with E-state index < -0.39 is 5.97 Å². The number of carboxylic acids is 1. The molecule has 0 fully saturated rings. The normalized spacial score (nSPS) is 10.9. The maximum atomic E-state index is 11.2. The van der Waals surface area contributed by atoms with Crippen LogP contribution in [0, 0.1) is 11.3 Å². The number of carboxylic acid groups (broad SMARTS) is 1. The van der Waals surface area contributed by atoms with Gasteiger partial charge in [0.05, 0.1) is 31.0 Å². The summed E-state index contributed by atoms with van der Waals surface area (Å²) >= 11 is 6.10. The molecule has 0 saturated carbocycles. The molecule has 0 aliphatic carbocycles. The summed E-state index contributed by atoms with van der Waals surface area (Å²) in [5.41, 5.74) is 2.96. The Labute approximate surface area is 234 Å². The number of furan rings is 2. The van der Waals surface area contributed by atoms with Gasteiger partial charge in [-0.3, -0.25) is 0 Å². The first-order chi connectivity index (χ1) is 19.4. The molecule has 5 rings (SSSR count). The smallest absolute Gasteiger partial charge is 0.337 e. The third-order valence-corrected chi connectivity index (χ3v) is 6.46. The summed E-state index contributed by atoms with van der Waals surface area (Å²) in [6, 6.07) is 24.8. The van der Waals surface area contributed by atoms with E-state index in [1.165, 1.54) is 18.3 Å². The van der Waals surface area contributed by atoms with Crippen LogP contribution in [0.5, 0.6) is 11.5 Å². The molecule has 3 aromatic carbocycles. The van der Waals surface area contributed by atoms with Crippen LogP contribution >= 0.6 is 11.6 Å². The molecule has 0 saturated heterocycles. The van der Waals surface area contributed by atoms with E-state index in [0.717, 1.165) is 11.1 Å². The average Bonchev–Trinajstić information content (AvgIpc) is 3.60. The van der Waals surface area contributed by atoms with Gasteiger partial charge in [0.1, 0.15) is 40.4 Å². The second kappa shape index (κ2) is 11.2. The van der Waals surface area contributed by atoms with Gasteiger partial charge in [0.15, 0.2) is 0 Å². The number of carbonyl (C=O) groups is 1. The summed E-state index contributed by atoms with van der Waals surface area (Å²) in [7, 11) is 3.17. The fraction of sp³-hybridized carbons (Fsp3) is 0.0645. The molecular weight excluding hydrogens is 532 g/mol. The van der Waals surface area contributed by atoms with E-state index in [1.807, 2.05) is 48.5 Å². The van der Waals surface area contributed by atoms with Gasteiger partial charge in [0.25, 0.3) is 0 Å². The number of halogens is 1. The highest BCUT2D eigenvalue weighted by Crippen LogP contribution is 2.43. The summed E-state index contributed by atoms with van der Waals surface area (Å²) in [5, 5.41) is 19.4. The Morgan fingerprint density at radius 3 is 2.10 bits per heavy atom. The number of ether oxygens (including phenoxy) is 2. The molecule has 1 N–H and O–H groups in total. The monoisotopic (exact) mass is 552 g/mol. The highest BCUT2D eigenvalue weighted by molar-refractivity contribution is 6.33. The minimum absolute atomic E-state index is 0.000870. The number of hydrogen-bond acceptors (Lipinski definition) is 7. The van der Waals surface area contributed by atoms with Gasteiger partial charge in [0, 0.05) is 16.7 Å². The molecule has 0 amide bonds. The van der Waals surface area contributed by atoms with E-state index in [9.17, 15) is 15.2 Å². The van der Waals surface area contributed by atoms with E-state index in [2.05, 4.69) is 11.1 Å². The van der Waals surface area contributed by atoms with Crippen molar-refractivity contribution in [3.05, 3.63) is 101 Å². The summed E-state index contributed by atoms with van der Waals surface area (Å²) in [6.45, 7) is 0. The number of rotatable bonds is 8. The van der Waals surface area contributed by atoms with Crippen molar-refractivity contribution in [1.82, 2.24) is 0 Å². The summed E-state index contributed by atoms with van der Waals surface area (Å²) in [4.78, 5) is 15.7. The Morgan fingerprint density at radius 1 is 0.900 bits per heavy atom. The van der Waals surface area contributed by atoms with Gasteiger partial charge in [-0.1, -0.05) is 29.8 Å². The molecule has 0 unspecified atom stereocenters. The average molecular weight is 553 g/mol. The fourth-order valence-electron chi connectivity index (χ4n) is 4.13.